The molecule has 0 bridgehead atoms. The smallest absolute Gasteiger partial charge is 0.141 e. The number of halogens is 2. The summed E-state index contributed by atoms with van der Waals surface area (Å²) >= 11 is 0. The van der Waals surface area contributed by atoms with E-state index in [1.165, 1.54) is 12.1 Å². The number of likely N-dealkylation sites (tertiary alicyclic amines) is 1. The lowest BCUT2D eigenvalue weighted by Gasteiger charge is -2.20. The number of fused-ring (bicyclic) bond motifs is 1. The van der Waals surface area contributed by atoms with Crippen LogP contribution in [0.1, 0.15) is 24.4 Å². The van der Waals surface area contributed by atoms with E-state index in [-0.39, 0.29) is 17.7 Å². The second-order valence-electron chi connectivity index (χ2n) is 6.12. The summed E-state index contributed by atoms with van der Waals surface area (Å²) in [5.41, 5.74) is 2.60. The quantitative estimate of drug-likeness (QED) is 0.766. The molecule has 0 amide bonds. The molecule has 4 rings (SSSR count). The Morgan fingerprint density at radius 2 is 2.04 bits per heavy atom. The van der Waals surface area contributed by atoms with Gasteiger partial charge in [-0.1, -0.05) is 6.07 Å². The van der Waals surface area contributed by atoms with Gasteiger partial charge < -0.3 is 4.98 Å². The van der Waals surface area contributed by atoms with E-state index in [4.69, 9.17) is 0 Å². The van der Waals surface area contributed by atoms with Crippen LogP contribution in [-0.4, -0.2) is 28.5 Å². The molecule has 5 heteroatoms. The van der Waals surface area contributed by atoms with Crippen molar-refractivity contribution >= 4 is 11.0 Å². The first-order valence-electron chi connectivity index (χ1n) is 7.77. The Hall–Kier alpha value is -2.27. The highest BCUT2D eigenvalue weighted by Gasteiger charge is 2.23. The van der Waals surface area contributed by atoms with Crippen molar-refractivity contribution in [3.05, 3.63) is 53.6 Å². The van der Waals surface area contributed by atoms with E-state index in [1.807, 2.05) is 6.07 Å². The van der Waals surface area contributed by atoms with Crippen LogP contribution >= 0.6 is 0 Å². The van der Waals surface area contributed by atoms with Crippen molar-refractivity contribution in [1.82, 2.24) is 14.9 Å². The molecule has 0 aliphatic carbocycles. The Labute approximate surface area is 133 Å². The van der Waals surface area contributed by atoms with Crippen LogP contribution in [0.3, 0.4) is 0 Å². The van der Waals surface area contributed by atoms with Crippen molar-refractivity contribution in [2.45, 2.75) is 18.9 Å². The molecule has 1 unspecified atom stereocenters. The van der Waals surface area contributed by atoms with Crippen molar-refractivity contribution in [3.63, 3.8) is 0 Å². The first-order chi connectivity index (χ1) is 11.1. The summed E-state index contributed by atoms with van der Waals surface area (Å²) in [4.78, 5) is 9.59. The van der Waals surface area contributed by atoms with E-state index in [0.29, 0.717) is 22.4 Å². The van der Waals surface area contributed by atoms with Gasteiger partial charge in [-0.15, -0.1) is 0 Å². The Morgan fingerprint density at radius 1 is 1.17 bits per heavy atom. The molecule has 1 atom stereocenters. The molecule has 2 heterocycles. The van der Waals surface area contributed by atoms with Gasteiger partial charge in [0.15, 0.2) is 0 Å². The maximum absolute atomic E-state index is 14.6. The molecule has 1 saturated heterocycles. The van der Waals surface area contributed by atoms with E-state index in [0.717, 1.165) is 24.9 Å². The van der Waals surface area contributed by atoms with E-state index >= 15 is 0 Å². The van der Waals surface area contributed by atoms with E-state index < -0.39 is 0 Å². The third kappa shape index (κ3) is 2.51. The second-order valence-corrected chi connectivity index (χ2v) is 6.12. The summed E-state index contributed by atoms with van der Waals surface area (Å²) in [7, 11) is 2.07. The van der Waals surface area contributed by atoms with Crippen molar-refractivity contribution in [1.29, 1.82) is 0 Å². The highest BCUT2D eigenvalue weighted by molar-refractivity contribution is 5.79. The van der Waals surface area contributed by atoms with Crippen molar-refractivity contribution in [2.24, 2.45) is 0 Å². The predicted octanol–water partition coefficient (Wildman–Crippen LogP) is 4.27. The Balaban J connectivity index is 1.73. The molecule has 118 valence electrons. The third-order valence-electron chi connectivity index (χ3n) is 4.60. The number of aromatic nitrogens is 2. The first-order valence-corrected chi connectivity index (χ1v) is 7.77. The number of benzene rings is 2. The van der Waals surface area contributed by atoms with Crippen LogP contribution in [0.5, 0.6) is 0 Å². The minimum atomic E-state index is -0.340. The molecule has 23 heavy (non-hydrogen) atoms. The molecule has 1 fully saturated rings. The molecule has 0 saturated carbocycles. The van der Waals surface area contributed by atoms with Crippen LogP contribution in [0.2, 0.25) is 0 Å². The summed E-state index contributed by atoms with van der Waals surface area (Å²) in [6, 6.07) is 9.89. The number of imidazole rings is 1. The van der Waals surface area contributed by atoms with Gasteiger partial charge in [0, 0.05) is 6.04 Å². The van der Waals surface area contributed by atoms with Gasteiger partial charge in [0.05, 0.1) is 16.6 Å². The average molecular weight is 313 g/mol. The molecule has 1 N–H and O–H groups in total. The van der Waals surface area contributed by atoms with Crippen molar-refractivity contribution in [2.75, 3.05) is 13.6 Å². The van der Waals surface area contributed by atoms with Crippen LogP contribution < -0.4 is 0 Å². The number of H-pyrrole nitrogens is 1. The molecule has 1 aliphatic heterocycles. The number of hydrogen-bond donors (Lipinski definition) is 1. The number of hydrogen-bond acceptors (Lipinski definition) is 2. The Kier molecular flexibility index (Phi) is 3.38. The fourth-order valence-electron chi connectivity index (χ4n) is 3.37. The van der Waals surface area contributed by atoms with Crippen LogP contribution in [-0.2, 0) is 0 Å². The van der Waals surface area contributed by atoms with Gasteiger partial charge >= 0.3 is 0 Å². The summed E-state index contributed by atoms with van der Waals surface area (Å²) in [6.07, 6.45) is 2.19. The monoisotopic (exact) mass is 313 g/mol. The maximum atomic E-state index is 14.6. The van der Waals surface area contributed by atoms with Gasteiger partial charge in [0.25, 0.3) is 0 Å². The standard InChI is InChI=1S/C18H17F2N3/c1-23-8-2-3-17(23)11-4-6-13(14(20)9-11)18-21-15-7-5-12(19)10-16(15)22-18/h4-7,9-10,17H,2-3,8H2,1H3,(H,21,22). The summed E-state index contributed by atoms with van der Waals surface area (Å²) in [5, 5.41) is 0. The van der Waals surface area contributed by atoms with Crippen LogP contribution in [0.25, 0.3) is 22.4 Å². The number of aromatic amines is 1. The number of nitrogens with zero attached hydrogens (tertiary/aromatic N) is 2. The van der Waals surface area contributed by atoms with Gasteiger partial charge in [0.2, 0.25) is 0 Å². The lowest BCUT2D eigenvalue weighted by Crippen LogP contribution is -2.17. The lowest BCUT2D eigenvalue weighted by atomic mass is 10.0. The van der Waals surface area contributed by atoms with E-state index in [1.54, 1.807) is 18.2 Å². The van der Waals surface area contributed by atoms with E-state index in [9.17, 15) is 8.78 Å². The van der Waals surface area contributed by atoms with Gasteiger partial charge in [-0.3, -0.25) is 4.90 Å². The van der Waals surface area contributed by atoms with Gasteiger partial charge in [-0.25, -0.2) is 13.8 Å². The lowest BCUT2D eigenvalue weighted by molar-refractivity contribution is 0.317. The number of rotatable bonds is 2. The zero-order valence-electron chi connectivity index (χ0n) is 12.8. The Bertz CT molecular complexity index is 872. The molecular weight excluding hydrogens is 296 g/mol. The second kappa shape index (κ2) is 5.42. The molecule has 2 aromatic carbocycles. The molecular formula is C18H17F2N3. The van der Waals surface area contributed by atoms with Crippen LogP contribution in [0.4, 0.5) is 8.78 Å². The summed E-state index contributed by atoms with van der Waals surface area (Å²) in [6.45, 7) is 1.04. The fourth-order valence-corrected chi connectivity index (χ4v) is 3.37. The minimum Gasteiger partial charge on any atom is -0.338 e. The minimum absolute atomic E-state index is 0.281. The van der Waals surface area contributed by atoms with Gasteiger partial charge in [0.1, 0.15) is 17.5 Å². The van der Waals surface area contributed by atoms with Crippen molar-refractivity contribution < 1.29 is 8.78 Å². The topological polar surface area (TPSA) is 31.9 Å². The fraction of sp³-hybridized carbons (Fsp3) is 0.278. The predicted molar refractivity (Wildman–Crippen MR) is 86.1 cm³/mol. The van der Waals surface area contributed by atoms with E-state index in [2.05, 4.69) is 21.9 Å². The first kappa shape index (κ1) is 14.3. The molecule has 3 aromatic rings. The zero-order valence-corrected chi connectivity index (χ0v) is 12.8. The highest BCUT2D eigenvalue weighted by atomic mass is 19.1. The van der Waals surface area contributed by atoms with Crippen molar-refractivity contribution in [3.8, 4) is 11.4 Å². The molecule has 1 aliphatic rings. The normalized spacial score (nSPS) is 18.8. The summed E-state index contributed by atoms with van der Waals surface area (Å²) < 4.78 is 27.8. The maximum Gasteiger partial charge on any atom is 0.141 e. The van der Waals surface area contributed by atoms with Gasteiger partial charge in [-0.05, 0) is 62.3 Å². The van der Waals surface area contributed by atoms with Crippen LogP contribution in [0, 0.1) is 11.6 Å². The average Bonchev–Trinajstić information content (AvgIpc) is 3.12. The molecule has 1 aromatic heterocycles. The molecule has 0 radical (unpaired) electrons. The summed E-state index contributed by atoms with van der Waals surface area (Å²) in [5.74, 6) is -0.218. The molecule has 0 spiro atoms. The van der Waals surface area contributed by atoms with Gasteiger partial charge in [-0.2, -0.15) is 0 Å². The third-order valence-corrected chi connectivity index (χ3v) is 4.60. The SMILES string of the molecule is CN1CCCC1c1ccc(-c2nc3ccc(F)cc3[nH]2)c(F)c1. The van der Waals surface area contributed by atoms with Crippen LogP contribution in [0.15, 0.2) is 36.4 Å². The molecule has 3 nitrogen and oxygen atoms in total. The number of nitrogens with one attached hydrogen (secondary N) is 1. The highest BCUT2D eigenvalue weighted by Crippen LogP contribution is 2.33. The zero-order chi connectivity index (χ0) is 16.0. The Morgan fingerprint density at radius 3 is 2.78 bits per heavy atom. The largest absolute Gasteiger partial charge is 0.338 e.